The van der Waals surface area contributed by atoms with E-state index in [2.05, 4.69) is 18.2 Å². The zero-order valence-corrected chi connectivity index (χ0v) is 18.0. The predicted molar refractivity (Wildman–Crippen MR) is 119 cm³/mol. The molecule has 6 heteroatoms. The molecule has 0 N–H and O–H groups in total. The SMILES string of the molecule is O=C(c1ccc(S(=O)(=O)N2CCCCCC2)cc1)N1CC=C(c2ccccc2)CC1. The van der Waals surface area contributed by atoms with Gasteiger partial charge in [0, 0.05) is 31.7 Å². The number of hydrogen-bond acceptors (Lipinski definition) is 3. The largest absolute Gasteiger partial charge is 0.335 e. The van der Waals surface area contributed by atoms with Crippen LogP contribution >= 0.6 is 0 Å². The topological polar surface area (TPSA) is 57.7 Å². The minimum absolute atomic E-state index is 0.0583. The number of benzene rings is 2. The number of sulfonamides is 1. The first-order valence-electron chi connectivity index (χ1n) is 10.7. The quantitative estimate of drug-likeness (QED) is 0.740. The molecule has 0 unspecified atom stereocenters. The van der Waals surface area contributed by atoms with Crippen molar-refractivity contribution in [2.45, 2.75) is 37.0 Å². The summed E-state index contributed by atoms with van der Waals surface area (Å²) in [4.78, 5) is 15.0. The second-order valence-electron chi connectivity index (χ2n) is 7.94. The third-order valence-electron chi connectivity index (χ3n) is 5.94. The van der Waals surface area contributed by atoms with Gasteiger partial charge in [-0.25, -0.2) is 8.42 Å². The Kier molecular flexibility index (Phi) is 6.35. The number of rotatable bonds is 4. The standard InChI is InChI=1S/C24H28N2O3S/c27-24(25-18-14-21(15-19-25)20-8-4-3-5-9-20)22-10-12-23(13-11-22)30(28,29)26-16-6-1-2-7-17-26/h3-5,8-14H,1-2,6-7,15-19H2. The van der Waals surface area contributed by atoms with Crippen molar-refractivity contribution in [3.63, 3.8) is 0 Å². The lowest BCUT2D eigenvalue weighted by Gasteiger charge is -2.27. The van der Waals surface area contributed by atoms with Crippen molar-refractivity contribution in [2.75, 3.05) is 26.2 Å². The van der Waals surface area contributed by atoms with E-state index in [1.807, 2.05) is 23.1 Å². The molecule has 2 aromatic rings. The molecule has 0 aromatic heterocycles. The highest BCUT2D eigenvalue weighted by Crippen LogP contribution is 2.24. The molecule has 0 saturated carbocycles. The first-order valence-corrected chi connectivity index (χ1v) is 12.1. The molecule has 30 heavy (non-hydrogen) atoms. The van der Waals surface area contributed by atoms with Gasteiger partial charge in [0.2, 0.25) is 10.0 Å². The molecule has 2 aliphatic heterocycles. The van der Waals surface area contributed by atoms with Crippen molar-refractivity contribution in [3.05, 3.63) is 71.8 Å². The summed E-state index contributed by atoms with van der Waals surface area (Å²) in [5, 5.41) is 0. The molecular weight excluding hydrogens is 396 g/mol. The molecule has 0 spiro atoms. The van der Waals surface area contributed by atoms with Gasteiger partial charge in [-0.3, -0.25) is 4.79 Å². The first kappa shape index (κ1) is 20.8. The summed E-state index contributed by atoms with van der Waals surface area (Å²) in [7, 11) is -3.49. The highest BCUT2D eigenvalue weighted by atomic mass is 32.2. The molecule has 5 nitrogen and oxygen atoms in total. The summed E-state index contributed by atoms with van der Waals surface area (Å²) in [6, 6.07) is 16.7. The predicted octanol–water partition coefficient (Wildman–Crippen LogP) is 4.18. The van der Waals surface area contributed by atoms with Gasteiger partial charge in [-0.2, -0.15) is 4.31 Å². The molecule has 0 aliphatic carbocycles. The average molecular weight is 425 g/mol. The molecule has 2 aromatic carbocycles. The van der Waals surface area contributed by atoms with Gasteiger partial charge >= 0.3 is 0 Å². The molecule has 0 radical (unpaired) electrons. The lowest BCUT2D eigenvalue weighted by Crippen LogP contribution is -2.35. The minimum Gasteiger partial charge on any atom is -0.335 e. The number of carbonyl (C=O) groups is 1. The van der Waals surface area contributed by atoms with E-state index in [1.165, 1.54) is 11.1 Å². The van der Waals surface area contributed by atoms with Crippen molar-refractivity contribution in [2.24, 2.45) is 0 Å². The zero-order chi connectivity index (χ0) is 21.0. The van der Waals surface area contributed by atoms with E-state index in [4.69, 9.17) is 0 Å². The maximum absolute atomic E-state index is 12.9. The number of amides is 1. The van der Waals surface area contributed by atoms with Crippen LogP contribution in [-0.4, -0.2) is 49.7 Å². The Hall–Kier alpha value is -2.44. The Balaban J connectivity index is 1.44. The highest BCUT2D eigenvalue weighted by Gasteiger charge is 2.26. The van der Waals surface area contributed by atoms with Crippen molar-refractivity contribution < 1.29 is 13.2 Å². The second kappa shape index (κ2) is 9.14. The molecule has 4 rings (SSSR count). The van der Waals surface area contributed by atoms with Crippen molar-refractivity contribution in [1.29, 1.82) is 0 Å². The van der Waals surface area contributed by atoms with Gasteiger partial charge in [-0.05, 0) is 54.7 Å². The molecule has 1 amide bonds. The van der Waals surface area contributed by atoms with E-state index >= 15 is 0 Å². The Bertz CT molecular complexity index is 1010. The Morgan fingerprint density at radius 3 is 2.07 bits per heavy atom. The van der Waals surface area contributed by atoms with Crippen LogP contribution in [0.3, 0.4) is 0 Å². The van der Waals surface area contributed by atoms with Crippen LogP contribution in [0, 0.1) is 0 Å². The number of carbonyl (C=O) groups excluding carboxylic acids is 1. The van der Waals surface area contributed by atoms with Crippen molar-refractivity contribution in [1.82, 2.24) is 9.21 Å². The van der Waals surface area contributed by atoms with Crippen LogP contribution in [0.4, 0.5) is 0 Å². The van der Waals surface area contributed by atoms with E-state index < -0.39 is 10.0 Å². The average Bonchev–Trinajstić information content (AvgIpc) is 3.10. The molecule has 0 bridgehead atoms. The van der Waals surface area contributed by atoms with E-state index in [9.17, 15) is 13.2 Å². The van der Waals surface area contributed by atoms with Crippen molar-refractivity contribution >= 4 is 21.5 Å². The summed E-state index contributed by atoms with van der Waals surface area (Å²) >= 11 is 0. The monoisotopic (exact) mass is 424 g/mol. The molecule has 158 valence electrons. The van der Waals surface area contributed by atoms with Gasteiger partial charge in [0.15, 0.2) is 0 Å². The lowest BCUT2D eigenvalue weighted by atomic mass is 9.99. The van der Waals surface area contributed by atoms with Gasteiger partial charge in [0.05, 0.1) is 4.90 Å². The van der Waals surface area contributed by atoms with E-state index in [1.54, 1.807) is 28.6 Å². The second-order valence-corrected chi connectivity index (χ2v) is 9.88. The summed E-state index contributed by atoms with van der Waals surface area (Å²) in [6.07, 6.45) is 6.89. The van der Waals surface area contributed by atoms with Gasteiger partial charge in [-0.1, -0.05) is 49.2 Å². The zero-order valence-electron chi connectivity index (χ0n) is 17.2. The molecule has 1 fully saturated rings. The summed E-state index contributed by atoms with van der Waals surface area (Å²) in [6.45, 7) is 2.38. The normalized spacial score (nSPS) is 18.5. The third kappa shape index (κ3) is 4.50. The maximum Gasteiger partial charge on any atom is 0.254 e. The number of hydrogen-bond donors (Lipinski definition) is 0. The molecule has 2 aliphatic rings. The summed E-state index contributed by atoms with van der Waals surface area (Å²) in [5.41, 5.74) is 2.99. The minimum atomic E-state index is -3.49. The maximum atomic E-state index is 12.9. The lowest BCUT2D eigenvalue weighted by molar-refractivity contribution is 0.0772. The molecular formula is C24H28N2O3S. The smallest absolute Gasteiger partial charge is 0.254 e. The van der Waals surface area contributed by atoms with E-state index in [-0.39, 0.29) is 10.8 Å². The van der Waals surface area contributed by atoms with Crippen LogP contribution in [0.1, 0.15) is 48.0 Å². The molecule has 1 saturated heterocycles. The van der Waals surface area contributed by atoms with Crippen LogP contribution in [0.15, 0.2) is 65.6 Å². The fourth-order valence-electron chi connectivity index (χ4n) is 4.15. The first-order chi connectivity index (χ1) is 14.6. The third-order valence-corrected chi connectivity index (χ3v) is 7.86. The fourth-order valence-corrected chi connectivity index (χ4v) is 5.67. The fraction of sp³-hybridized carbons (Fsp3) is 0.375. The van der Waals surface area contributed by atoms with E-state index in [0.717, 1.165) is 32.1 Å². The summed E-state index contributed by atoms with van der Waals surface area (Å²) < 4.78 is 27.4. The van der Waals surface area contributed by atoms with Gasteiger partial charge in [-0.15, -0.1) is 0 Å². The number of nitrogens with zero attached hydrogens (tertiary/aromatic N) is 2. The molecule has 0 atom stereocenters. The van der Waals surface area contributed by atoms with Crippen LogP contribution in [0.2, 0.25) is 0 Å². The van der Waals surface area contributed by atoms with Crippen LogP contribution in [0.25, 0.3) is 5.57 Å². The Labute approximate surface area is 179 Å². The summed E-state index contributed by atoms with van der Waals surface area (Å²) in [5.74, 6) is -0.0583. The van der Waals surface area contributed by atoms with Crippen LogP contribution in [-0.2, 0) is 10.0 Å². The highest BCUT2D eigenvalue weighted by molar-refractivity contribution is 7.89. The Morgan fingerprint density at radius 2 is 1.47 bits per heavy atom. The van der Waals surface area contributed by atoms with Gasteiger partial charge in [0.1, 0.15) is 0 Å². The van der Waals surface area contributed by atoms with Gasteiger partial charge < -0.3 is 4.90 Å². The van der Waals surface area contributed by atoms with Crippen molar-refractivity contribution in [3.8, 4) is 0 Å². The Morgan fingerprint density at radius 1 is 0.800 bits per heavy atom. The molecule has 2 heterocycles. The van der Waals surface area contributed by atoms with Gasteiger partial charge in [0.25, 0.3) is 5.91 Å². The van der Waals surface area contributed by atoms with Crippen LogP contribution < -0.4 is 0 Å². The van der Waals surface area contributed by atoms with E-state index in [0.29, 0.717) is 31.7 Å². The van der Waals surface area contributed by atoms with Crippen LogP contribution in [0.5, 0.6) is 0 Å².